The highest BCUT2D eigenvalue weighted by Gasteiger charge is 2.08. The minimum Gasteiger partial charge on any atom is -0.398 e. The van der Waals surface area contributed by atoms with Gasteiger partial charge in [0.2, 0.25) is 5.91 Å². The molecule has 1 amide bonds. The van der Waals surface area contributed by atoms with E-state index >= 15 is 0 Å². The highest BCUT2D eigenvalue weighted by molar-refractivity contribution is 6.33. The number of rotatable bonds is 3. The predicted octanol–water partition coefficient (Wildman–Crippen LogP) is 1.86. The second-order valence-corrected chi connectivity index (χ2v) is 4.51. The fraction of sp³-hybridized carbons (Fsp3) is 0.0769. The predicted molar refractivity (Wildman–Crippen MR) is 75.2 cm³/mol. The summed E-state index contributed by atoms with van der Waals surface area (Å²) >= 11 is 5.83. The van der Waals surface area contributed by atoms with Crippen LogP contribution in [-0.4, -0.2) is 10.5 Å². The van der Waals surface area contributed by atoms with E-state index < -0.39 is 11.7 Å². The average molecular weight is 296 g/mol. The van der Waals surface area contributed by atoms with Gasteiger partial charge in [0, 0.05) is 18.0 Å². The first-order valence-electron chi connectivity index (χ1n) is 5.66. The molecule has 0 unspecified atom stereocenters. The molecule has 0 fully saturated rings. The molecule has 0 aliphatic heterocycles. The van der Waals surface area contributed by atoms with Gasteiger partial charge in [0.05, 0.1) is 10.7 Å². The minimum absolute atomic E-state index is 0.147. The lowest BCUT2D eigenvalue weighted by Gasteiger charge is -2.09. The molecule has 0 spiro atoms. The minimum atomic E-state index is -0.522. The van der Waals surface area contributed by atoms with Crippen LogP contribution in [0.1, 0.15) is 0 Å². The summed E-state index contributed by atoms with van der Waals surface area (Å²) in [5, 5.41) is 2.64. The molecule has 1 aromatic heterocycles. The molecule has 0 bridgehead atoms. The molecule has 0 aliphatic carbocycles. The largest absolute Gasteiger partial charge is 0.398 e. The van der Waals surface area contributed by atoms with Crippen LogP contribution >= 0.6 is 11.6 Å². The van der Waals surface area contributed by atoms with Gasteiger partial charge >= 0.3 is 0 Å². The first kappa shape index (κ1) is 14.1. The zero-order valence-corrected chi connectivity index (χ0v) is 11.0. The maximum Gasteiger partial charge on any atom is 0.251 e. The van der Waals surface area contributed by atoms with Crippen LogP contribution in [-0.2, 0) is 11.3 Å². The third-order valence-electron chi connectivity index (χ3n) is 2.52. The highest BCUT2D eigenvalue weighted by atomic mass is 35.5. The summed E-state index contributed by atoms with van der Waals surface area (Å²) < 4.78 is 14.2. The first-order valence-corrected chi connectivity index (χ1v) is 6.04. The zero-order valence-electron chi connectivity index (χ0n) is 10.3. The lowest BCUT2D eigenvalue weighted by Crippen LogP contribution is -2.27. The first-order chi connectivity index (χ1) is 9.45. The van der Waals surface area contributed by atoms with Crippen molar-refractivity contribution in [2.24, 2.45) is 0 Å². The molecule has 2 rings (SSSR count). The summed E-state index contributed by atoms with van der Waals surface area (Å²) in [4.78, 5) is 23.3. The molecule has 2 aromatic rings. The molecular formula is C13H11ClFN3O2. The van der Waals surface area contributed by atoms with E-state index in [4.69, 9.17) is 17.3 Å². The van der Waals surface area contributed by atoms with Gasteiger partial charge in [0.15, 0.2) is 0 Å². The number of pyridine rings is 1. The van der Waals surface area contributed by atoms with E-state index in [9.17, 15) is 14.0 Å². The van der Waals surface area contributed by atoms with Crippen molar-refractivity contribution in [1.29, 1.82) is 0 Å². The third kappa shape index (κ3) is 3.36. The van der Waals surface area contributed by atoms with Crippen molar-refractivity contribution in [3.05, 3.63) is 57.7 Å². The summed E-state index contributed by atoms with van der Waals surface area (Å²) in [5.41, 5.74) is 5.69. The number of carbonyl (C=O) groups excluding carboxylic acids is 1. The van der Waals surface area contributed by atoms with Gasteiger partial charge < -0.3 is 15.6 Å². The number of nitrogen functional groups attached to an aromatic ring is 1. The number of benzene rings is 1. The van der Waals surface area contributed by atoms with E-state index in [0.717, 1.165) is 10.6 Å². The van der Waals surface area contributed by atoms with Gasteiger partial charge in [-0.3, -0.25) is 9.59 Å². The number of nitrogens with two attached hydrogens (primary N) is 1. The highest BCUT2D eigenvalue weighted by Crippen LogP contribution is 2.22. The molecule has 0 radical (unpaired) electrons. The molecule has 104 valence electrons. The second-order valence-electron chi connectivity index (χ2n) is 4.10. The number of nitrogens with one attached hydrogen (secondary N) is 1. The Morgan fingerprint density at radius 1 is 1.35 bits per heavy atom. The van der Waals surface area contributed by atoms with Crippen molar-refractivity contribution in [3.8, 4) is 0 Å². The Kier molecular flexibility index (Phi) is 4.05. The molecule has 7 heteroatoms. The zero-order chi connectivity index (χ0) is 14.7. The van der Waals surface area contributed by atoms with Crippen molar-refractivity contribution >= 4 is 28.9 Å². The Balaban J connectivity index is 2.15. The number of aromatic nitrogens is 1. The smallest absolute Gasteiger partial charge is 0.251 e. The van der Waals surface area contributed by atoms with Crippen molar-refractivity contribution in [3.63, 3.8) is 0 Å². The number of carbonyl (C=O) groups is 1. The summed E-state index contributed by atoms with van der Waals surface area (Å²) in [7, 11) is 0. The number of hydrogen-bond donors (Lipinski definition) is 2. The number of anilines is 2. The van der Waals surface area contributed by atoms with Gasteiger partial charge in [-0.05, 0) is 24.3 Å². The number of hydrogen-bond acceptors (Lipinski definition) is 3. The van der Waals surface area contributed by atoms with Gasteiger partial charge in [0.25, 0.3) is 5.56 Å². The van der Waals surface area contributed by atoms with Crippen molar-refractivity contribution in [1.82, 2.24) is 4.57 Å². The second kappa shape index (κ2) is 5.75. The summed E-state index contributed by atoms with van der Waals surface area (Å²) in [6.07, 6.45) is 1.36. The maximum absolute atomic E-state index is 13.1. The standard InChI is InChI=1S/C13H11ClFN3O2/c14-10-3-1-8(15)5-11(10)17-12(19)7-18-6-9(16)2-4-13(18)20/h1-6H,7,16H2,(H,17,19). The topological polar surface area (TPSA) is 77.1 Å². The lowest BCUT2D eigenvalue weighted by molar-refractivity contribution is -0.116. The van der Waals surface area contributed by atoms with Gasteiger partial charge in [0.1, 0.15) is 12.4 Å². The van der Waals surface area contributed by atoms with Crippen molar-refractivity contribution < 1.29 is 9.18 Å². The quantitative estimate of drug-likeness (QED) is 0.907. The molecular weight excluding hydrogens is 285 g/mol. The Bertz CT molecular complexity index is 715. The van der Waals surface area contributed by atoms with Crippen LogP contribution in [0.5, 0.6) is 0 Å². The molecule has 0 saturated carbocycles. The molecule has 0 saturated heterocycles. The maximum atomic E-state index is 13.1. The molecule has 1 heterocycles. The van der Waals surface area contributed by atoms with Gasteiger partial charge in [-0.15, -0.1) is 0 Å². The monoisotopic (exact) mass is 295 g/mol. The molecule has 3 N–H and O–H groups in total. The van der Waals surface area contributed by atoms with E-state index in [1.54, 1.807) is 0 Å². The van der Waals surface area contributed by atoms with Crippen LogP contribution in [0.4, 0.5) is 15.8 Å². The Labute approximate surface area is 118 Å². The SMILES string of the molecule is Nc1ccc(=O)n(CC(=O)Nc2cc(F)ccc2Cl)c1. The van der Waals surface area contributed by atoms with Gasteiger partial charge in [-0.2, -0.15) is 0 Å². The molecule has 0 atom stereocenters. The lowest BCUT2D eigenvalue weighted by atomic mass is 10.3. The molecule has 0 aliphatic rings. The van der Waals surface area contributed by atoms with Crippen molar-refractivity contribution in [2.45, 2.75) is 6.54 Å². The number of amides is 1. The van der Waals surface area contributed by atoms with E-state index in [1.165, 1.54) is 30.5 Å². The number of nitrogens with zero attached hydrogens (tertiary/aromatic N) is 1. The van der Waals surface area contributed by atoms with Crippen LogP contribution in [0.3, 0.4) is 0 Å². The van der Waals surface area contributed by atoms with E-state index in [1.807, 2.05) is 0 Å². The summed E-state index contributed by atoms with van der Waals surface area (Å²) in [5.74, 6) is -1.03. The molecule has 1 aromatic carbocycles. The number of halogens is 2. The van der Waals surface area contributed by atoms with E-state index in [-0.39, 0.29) is 22.8 Å². The Morgan fingerprint density at radius 3 is 2.85 bits per heavy atom. The van der Waals surface area contributed by atoms with Gasteiger partial charge in [-0.25, -0.2) is 4.39 Å². The fourth-order valence-corrected chi connectivity index (χ4v) is 1.78. The van der Waals surface area contributed by atoms with Gasteiger partial charge in [-0.1, -0.05) is 11.6 Å². The Hall–Kier alpha value is -2.34. The van der Waals surface area contributed by atoms with Crippen LogP contribution in [0, 0.1) is 5.82 Å². The van der Waals surface area contributed by atoms with Crippen LogP contribution in [0.15, 0.2) is 41.3 Å². The molecule has 5 nitrogen and oxygen atoms in total. The molecule has 20 heavy (non-hydrogen) atoms. The normalized spacial score (nSPS) is 10.3. The summed E-state index contributed by atoms with van der Waals surface area (Å²) in [6, 6.07) is 6.32. The van der Waals surface area contributed by atoms with E-state index in [0.29, 0.717) is 5.69 Å². The van der Waals surface area contributed by atoms with E-state index in [2.05, 4.69) is 5.32 Å². The van der Waals surface area contributed by atoms with Crippen LogP contribution in [0.25, 0.3) is 0 Å². The van der Waals surface area contributed by atoms with Crippen LogP contribution < -0.4 is 16.6 Å². The summed E-state index contributed by atoms with van der Waals surface area (Å²) in [6.45, 7) is -0.239. The Morgan fingerprint density at radius 2 is 2.10 bits per heavy atom. The third-order valence-corrected chi connectivity index (χ3v) is 2.85. The van der Waals surface area contributed by atoms with Crippen LogP contribution in [0.2, 0.25) is 5.02 Å². The average Bonchev–Trinajstić information content (AvgIpc) is 2.38. The van der Waals surface area contributed by atoms with Crippen molar-refractivity contribution in [2.75, 3.05) is 11.1 Å². The fourth-order valence-electron chi connectivity index (χ4n) is 1.61.